The number of nitrogens with one attached hydrogen (secondary N) is 1. The summed E-state index contributed by atoms with van der Waals surface area (Å²) in [6.07, 6.45) is 1.38. The van der Waals surface area contributed by atoms with Crippen molar-refractivity contribution in [1.82, 2.24) is 5.32 Å². The Balaban J connectivity index is 2.38. The molecule has 0 aliphatic carbocycles. The Morgan fingerprint density at radius 3 is 2.35 bits per heavy atom. The van der Waals surface area contributed by atoms with Gasteiger partial charge in [0.2, 0.25) is 0 Å². The maximum absolute atomic E-state index is 12.7. The van der Waals surface area contributed by atoms with Crippen LogP contribution < -0.4 is 5.32 Å². The number of carbonyl (C=O) groups excluding carboxylic acids is 1. The van der Waals surface area contributed by atoms with Crippen LogP contribution in [-0.4, -0.2) is 23.5 Å². The molecule has 20 heavy (non-hydrogen) atoms. The third-order valence-corrected chi connectivity index (χ3v) is 3.21. The quantitative estimate of drug-likeness (QED) is 0.807. The van der Waals surface area contributed by atoms with E-state index in [1.807, 2.05) is 13.8 Å². The summed E-state index contributed by atoms with van der Waals surface area (Å²) < 4.78 is 12.7. The number of hydrogen-bond donors (Lipinski definition) is 2. The molecule has 0 bridgehead atoms. The van der Waals surface area contributed by atoms with Gasteiger partial charge in [-0.1, -0.05) is 13.8 Å². The number of aliphatic carboxylic acids is 1. The molecule has 0 aliphatic heterocycles. The van der Waals surface area contributed by atoms with E-state index >= 15 is 0 Å². The van der Waals surface area contributed by atoms with Gasteiger partial charge >= 0.3 is 5.97 Å². The highest BCUT2D eigenvalue weighted by Gasteiger charge is 2.19. The first-order chi connectivity index (χ1) is 9.30. The standard InChI is InChI=1S/C15H20FNO3/c1-15(2,8-7-13(18)19)9-10-17-14(20)11-3-5-12(16)6-4-11/h3-6H,7-10H2,1-2H3,(H,17,20)(H,18,19). The number of carboxylic acid groups (broad SMARTS) is 1. The average Bonchev–Trinajstić information content (AvgIpc) is 2.37. The van der Waals surface area contributed by atoms with E-state index in [4.69, 9.17) is 5.11 Å². The van der Waals surface area contributed by atoms with Crippen molar-refractivity contribution < 1.29 is 19.1 Å². The number of rotatable bonds is 7. The van der Waals surface area contributed by atoms with Crippen LogP contribution in [0.2, 0.25) is 0 Å². The number of amides is 1. The van der Waals surface area contributed by atoms with Gasteiger partial charge in [-0.3, -0.25) is 9.59 Å². The monoisotopic (exact) mass is 281 g/mol. The SMILES string of the molecule is CC(C)(CCNC(=O)c1ccc(F)cc1)CCC(=O)O. The van der Waals surface area contributed by atoms with E-state index < -0.39 is 5.97 Å². The van der Waals surface area contributed by atoms with Crippen LogP contribution in [0.25, 0.3) is 0 Å². The molecule has 4 nitrogen and oxygen atoms in total. The first kappa shape index (κ1) is 16.1. The summed E-state index contributed by atoms with van der Waals surface area (Å²) in [5.74, 6) is -1.44. The summed E-state index contributed by atoms with van der Waals surface area (Å²) >= 11 is 0. The van der Waals surface area contributed by atoms with Crippen molar-refractivity contribution in [2.24, 2.45) is 5.41 Å². The van der Waals surface area contributed by atoms with Crippen LogP contribution in [0.1, 0.15) is 43.5 Å². The van der Waals surface area contributed by atoms with Gasteiger partial charge in [0.05, 0.1) is 0 Å². The molecule has 0 heterocycles. The molecule has 1 amide bonds. The molecular weight excluding hydrogens is 261 g/mol. The van der Waals surface area contributed by atoms with E-state index in [0.717, 1.165) is 0 Å². The van der Waals surface area contributed by atoms with Crippen LogP contribution in [0.4, 0.5) is 4.39 Å². The Morgan fingerprint density at radius 2 is 1.80 bits per heavy atom. The van der Waals surface area contributed by atoms with Crippen molar-refractivity contribution in [3.63, 3.8) is 0 Å². The minimum absolute atomic E-state index is 0.124. The Kier molecular flexibility index (Phi) is 5.67. The molecule has 5 heteroatoms. The van der Waals surface area contributed by atoms with Crippen molar-refractivity contribution >= 4 is 11.9 Å². The van der Waals surface area contributed by atoms with Gasteiger partial charge in [-0.15, -0.1) is 0 Å². The fraction of sp³-hybridized carbons (Fsp3) is 0.467. The maximum atomic E-state index is 12.7. The zero-order chi connectivity index (χ0) is 15.2. The molecular formula is C15H20FNO3. The summed E-state index contributed by atoms with van der Waals surface area (Å²) in [5, 5.41) is 11.4. The van der Waals surface area contributed by atoms with Crippen molar-refractivity contribution in [3.8, 4) is 0 Å². The molecule has 0 saturated heterocycles. The molecule has 0 aliphatic rings. The highest BCUT2D eigenvalue weighted by atomic mass is 19.1. The lowest BCUT2D eigenvalue weighted by Gasteiger charge is -2.23. The molecule has 0 saturated carbocycles. The van der Waals surface area contributed by atoms with Crippen LogP contribution in [0.3, 0.4) is 0 Å². The van der Waals surface area contributed by atoms with Gasteiger partial charge in [0.25, 0.3) is 5.91 Å². The summed E-state index contributed by atoms with van der Waals surface area (Å²) in [7, 11) is 0. The smallest absolute Gasteiger partial charge is 0.303 e. The second-order valence-electron chi connectivity index (χ2n) is 5.57. The van der Waals surface area contributed by atoms with Crippen LogP contribution in [0.15, 0.2) is 24.3 Å². The third-order valence-electron chi connectivity index (χ3n) is 3.21. The van der Waals surface area contributed by atoms with Crippen molar-refractivity contribution in [1.29, 1.82) is 0 Å². The molecule has 0 atom stereocenters. The van der Waals surface area contributed by atoms with Gasteiger partial charge in [-0.05, 0) is 42.5 Å². The molecule has 0 fully saturated rings. The Morgan fingerprint density at radius 1 is 1.20 bits per heavy atom. The largest absolute Gasteiger partial charge is 0.481 e. The lowest BCUT2D eigenvalue weighted by molar-refractivity contribution is -0.137. The van der Waals surface area contributed by atoms with E-state index in [1.54, 1.807) is 0 Å². The van der Waals surface area contributed by atoms with Gasteiger partial charge in [-0.25, -0.2) is 4.39 Å². The van der Waals surface area contributed by atoms with Gasteiger partial charge in [-0.2, -0.15) is 0 Å². The minimum Gasteiger partial charge on any atom is -0.481 e. The molecule has 1 aromatic rings. The van der Waals surface area contributed by atoms with Gasteiger partial charge in [0.15, 0.2) is 0 Å². The predicted octanol–water partition coefficient (Wildman–Crippen LogP) is 2.84. The van der Waals surface area contributed by atoms with Gasteiger partial charge in [0, 0.05) is 18.5 Å². The summed E-state index contributed by atoms with van der Waals surface area (Å²) in [6.45, 7) is 4.41. The second kappa shape index (κ2) is 7.03. The summed E-state index contributed by atoms with van der Waals surface area (Å²) in [5.41, 5.74) is 0.267. The van der Waals surface area contributed by atoms with E-state index in [-0.39, 0.29) is 23.6 Å². The highest BCUT2D eigenvalue weighted by Crippen LogP contribution is 2.26. The average molecular weight is 281 g/mol. The molecule has 0 spiro atoms. The van der Waals surface area contributed by atoms with Crippen LogP contribution >= 0.6 is 0 Å². The molecule has 1 aromatic carbocycles. The number of halogens is 1. The fourth-order valence-corrected chi connectivity index (χ4v) is 1.79. The number of hydrogen-bond acceptors (Lipinski definition) is 2. The fourth-order valence-electron chi connectivity index (χ4n) is 1.79. The van der Waals surface area contributed by atoms with Gasteiger partial charge < -0.3 is 10.4 Å². The normalized spacial score (nSPS) is 11.2. The van der Waals surface area contributed by atoms with Crippen LogP contribution in [-0.2, 0) is 4.79 Å². The molecule has 2 N–H and O–H groups in total. The summed E-state index contributed by atoms with van der Waals surface area (Å²) in [6, 6.07) is 5.35. The van der Waals surface area contributed by atoms with Gasteiger partial charge in [0.1, 0.15) is 5.82 Å². The van der Waals surface area contributed by atoms with Crippen molar-refractivity contribution in [2.45, 2.75) is 33.1 Å². The van der Waals surface area contributed by atoms with E-state index in [9.17, 15) is 14.0 Å². The second-order valence-corrected chi connectivity index (χ2v) is 5.57. The lowest BCUT2D eigenvalue weighted by atomic mass is 9.84. The number of benzene rings is 1. The van der Waals surface area contributed by atoms with E-state index in [0.29, 0.717) is 24.9 Å². The summed E-state index contributed by atoms with van der Waals surface area (Å²) in [4.78, 5) is 22.3. The molecule has 0 aromatic heterocycles. The third kappa shape index (κ3) is 5.82. The number of carbonyl (C=O) groups is 2. The van der Waals surface area contributed by atoms with Crippen LogP contribution in [0.5, 0.6) is 0 Å². The molecule has 0 unspecified atom stereocenters. The zero-order valence-corrected chi connectivity index (χ0v) is 11.8. The first-order valence-corrected chi connectivity index (χ1v) is 6.56. The number of carboxylic acids is 1. The molecule has 0 radical (unpaired) electrons. The maximum Gasteiger partial charge on any atom is 0.303 e. The Labute approximate surface area is 118 Å². The predicted molar refractivity (Wildman–Crippen MR) is 74.0 cm³/mol. The van der Waals surface area contributed by atoms with E-state index in [2.05, 4.69) is 5.32 Å². The van der Waals surface area contributed by atoms with Crippen molar-refractivity contribution in [2.75, 3.05) is 6.54 Å². The molecule has 1 rings (SSSR count). The zero-order valence-electron chi connectivity index (χ0n) is 11.8. The van der Waals surface area contributed by atoms with Crippen molar-refractivity contribution in [3.05, 3.63) is 35.6 Å². The minimum atomic E-state index is -0.812. The Hall–Kier alpha value is -1.91. The molecule has 110 valence electrons. The lowest BCUT2D eigenvalue weighted by Crippen LogP contribution is -2.28. The topological polar surface area (TPSA) is 66.4 Å². The Bertz CT molecular complexity index is 469. The van der Waals surface area contributed by atoms with Crippen LogP contribution in [0, 0.1) is 11.2 Å². The first-order valence-electron chi connectivity index (χ1n) is 6.56. The highest BCUT2D eigenvalue weighted by molar-refractivity contribution is 5.94. The van der Waals surface area contributed by atoms with E-state index in [1.165, 1.54) is 24.3 Å².